The van der Waals surface area contributed by atoms with Crippen LogP contribution in [0.3, 0.4) is 0 Å². The predicted octanol–water partition coefficient (Wildman–Crippen LogP) is 2.78. The molecule has 8 heteroatoms. The molecule has 0 aliphatic heterocycles. The van der Waals surface area contributed by atoms with Crippen LogP contribution in [-0.2, 0) is 10.0 Å². The van der Waals surface area contributed by atoms with Gasteiger partial charge in [0.05, 0.1) is 18.1 Å². The minimum Gasteiger partial charge on any atom is -0.355 e. The van der Waals surface area contributed by atoms with Gasteiger partial charge < -0.3 is 5.32 Å². The Balaban J connectivity index is 2.27. The summed E-state index contributed by atoms with van der Waals surface area (Å²) in [6, 6.07) is 5.38. The number of hydrogen-bond donors (Lipinski definition) is 2. The molecule has 21 heavy (non-hydrogen) atoms. The summed E-state index contributed by atoms with van der Waals surface area (Å²) in [6.07, 6.45) is 2.56. The third kappa shape index (κ3) is 3.92. The molecule has 0 atom stereocenters. The maximum absolute atomic E-state index is 12.3. The molecule has 1 aromatic heterocycles. The summed E-state index contributed by atoms with van der Waals surface area (Å²) in [7, 11) is -3.71. The highest BCUT2D eigenvalue weighted by atomic mass is 79.9. The molecule has 0 unspecified atom stereocenters. The van der Waals surface area contributed by atoms with Crippen LogP contribution in [0, 0.1) is 6.92 Å². The van der Waals surface area contributed by atoms with Crippen molar-refractivity contribution >= 4 is 37.6 Å². The van der Waals surface area contributed by atoms with E-state index in [1.165, 1.54) is 12.4 Å². The fourth-order valence-corrected chi connectivity index (χ4v) is 2.98. The Morgan fingerprint density at radius 3 is 2.52 bits per heavy atom. The second-order valence-corrected chi connectivity index (χ2v) is 6.94. The highest BCUT2D eigenvalue weighted by Crippen LogP contribution is 2.23. The summed E-state index contributed by atoms with van der Waals surface area (Å²) in [4.78, 5) is 7.95. The van der Waals surface area contributed by atoms with Crippen molar-refractivity contribution < 1.29 is 8.42 Å². The van der Waals surface area contributed by atoms with Gasteiger partial charge in [0.1, 0.15) is 4.90 Å². The van der Waals surface area contributed by atoms with E-state index < -0.39 is 10.0 Å². The van der Waals surface area contributed by atoms with Gasteiger partial charge in [-0.2, -0.15) is 0 Å². The molecule has 2 aromatic rings. The van der Waals surface area contributed by atoms with Crippen molar-refractivity contribution in [3.63, 3.8) is 0 Å². The molecule has 1 aromatic carbocycles. The number of halogens is 1. The van der Waals surface area contributed by atoms with E-state index >= 15 is 0 Å². The molecule has 2 rings (SSSR count). The summed E-state index contributed by atoms with van der Waals surface area (Å²) >= 11 is 3.32. The SMILES string of the molecule is CCNc1ncc(S(=O)(=O)Nc2cc(Br)ccc2C)cn1. The van der Waals surface area contributed by atoms with Crippen molar-refractivity contribution in [1.82, 2.24) is 9.97 Å². The lowest BCUT2D eigenvalue weighted by molar-refractivity contribution is 0.600. The summed E-state index contributed by atoms with van der Waals surface area (Å²) in [6.45, 7) is 4.41. The van der Waals surface area contributed by atoms with Crippen LogP contribution in [0.2, 0.25) is 0 Å². The molecule has 1 heterocycles. The highest BCUT2D eigenvalue weighted by molar-refractivity contribution is 9.10. The molecule has 2 N–H and O–H groups in total. The summed E-state index contributed by atoms with van der Waals surface area (Å²) < 4.78 is 27.9. The fraction of sp³-hybridized carbons (Fsp3) is 0.231. The second-order valence-electron chi connectivity index (χ2n) is 4.34. The van der Waals surface area contributed by atoms with Gasteiger partial charge in [0.2, 0.25) is 5.95 Å². The second kappa shape index (κ2) is 6.40. The average Bonchev–Trinajstić information content (AvgIpc) is 2.44. The van der Waals surface area contributed by atoms with E-state index in [2.05, 4.69) is 35.9 Å². The quantitative estimate of drug-likeness (QED) is 0.845. The fourth-order valence-electron chi connectivity index (χ4n) is 1.61. The number of aromatic nitrogens is 2. The third-order valence-electron chi connectivity index (χ3n) is 2.72. The minimum absolute atomic E-state index is 0.0172. The molecule has 0 spiro atoms. The van der Waals surface area contributed by atoms with Gasteiger partial charge in [-0.05, 0) is 31.5 Å². The van der Waals surface area contributed by atoms with E-state index in [0.717, 1.165) is 10.0 Å². The number of nitrogens with one attached hydrogen (secondary N) is 2. The van der Waals surface area contributed by atoms with Crippen LogP contribution in [0.25, 0.3) is 0 Å². The van der Waals surface area contributed by atoms with Crippen LogP contribution in [-0.4, -0.2) is 24.9 Å². The smallest absolute Gasteiger partial charge is 0.264 e. The van der Waals surface area contributed by atoms with Gasteiger partial charge in [-0.15, -0.1) is 0 Å². The van der Waals surface area contributed by atoms with Crippen molar-refractivity contribution in [3.8, 4) is 0 Å². The van der Waals surface area contributed by atoms with Gasteiger partial charge >= 0.3 is 0 Å². The van der Waals surface area contributed by atoms with Gasteiger partial charge in [0.15, 0.2) is 0 Å². The zero-order chi connectivity index (χ0) is 15.5. The molecule has 0 saturated carbocycles. The van der Waals surface area contributed by atoms with E-state index in [9.17, 15) is 8.42 Å². The van der Waals surface area contributed by atoms with Gasteiger partial charge in [-0.1, -0.05) is 22.0 Å². The van der Waals surface area contributed by atoms with Crippen LogP contribution in [0.4, 0.5) is 11.6 Å². The maximum Gasteiger partial charge on any atom is 0.264 e. The topological polar surface area (TPSA) is 84.0 Å². The van der Waals surface area contributed by atoms with Crippen LogP contribution >= 0.6 is 15.9 Å². The minimum atomic E-state index is -3.71. The Labute approximate surface area is 132 Å². The summed E-state index contributed by atoms with van der Waals surface area (Å²) in [5.41, 5.74) is 1.34. The van der Waals surface area contributed by atoms with Gasteiger partial charge in [-0.25, -0.2) is 18.4 Å². The zero-order valence-electron chi connectivity index (χ0n) is 11.6. The van der Waals surface area contributed by atoms with Crippen molar-refractivity contribution in [2.45, 2.75) is 18.7 Å². The molecular formula is C13H15BrN4O2S. The van der Waals surface area contributed by atoms with Gasteiger partial charge in [-0.3, -0.25) is 4.72 Å². The molecule has 0 bridgehead atoms. The van der Waals surface area contributed by atoms with E-state index in [1.807, 2.05) is 26.0 Å². The lowest BCUT2D eigenvalue weighted by atomic mass is 10.2. The first kappa shape index (κ1) is 15.7. The highest BCUT2D eigenvalue weighted by Gasteiger charge is 2.16. The number of rotatable bonds is 5. The normalized spacial score (nSPS) is 11.2. The summed E-state index contributed by atoms with van der Waals surface area (Å²) in [5, 5.41) is 2.91. The molecular weight excluding hydrogens is 356 g/mol. The van der Waals surface area contributed by atoms with Crippen molar-refractivity contribution in [2.24, 2.45) is 0 Å². The largest absolute Gasteiger partial charge is 0.355 e. The Hall–Kier alpha value is -1.67. The van der Waals surface area contributed by atoms with Crippen molar-refractivity contribution in [3.05, 3.63) is 40.6 Å². The standard InChI is InChI=1S/C13H15BrN4O2S/c1-3-15-13-16-7-11(8-17-13)21(19,20)18-12-6-10(14)5-4-9(12)2/h4-8,18H,3H2,1-2H3,(H,15,16,17). The molecule has 0 aliphatic carbocycles. The van der Waals surface area contributed by atoms with Crippen molar-refractivity contribution in [2.75, 3.05) is 16.6 Å². The van der Waals surface area contributed by atoms with Crippen LogP contribution < -0.4 is 10.0 Å². The first-order chi connectivity index (χ1) is 9.92. The number of benzene rings is 1. The summed E-state index contributed by atoms with van der Waals surface area (Å²) in [5.74, 6) is 0.398. The number of sulfonamides is 1. The first-order valence-electron chi connectivity index (χ1n) is 6.27. The Bertz CT molecular complexity index is 732. The average molecular weight is 371 g/mol. The number of aryl methyl sites for hydroxylation is 1. The first-order valence-corrected chi connectivity index (χ1v) is 8.55. The zero-order valence-corrected chi connectivity index (χ0v) is 14.0. The Kier molecular flexibility index (Phi) is 4.79. The number of nitrogens with zero attached hydrogens (tertiary/aromatic N) is 2. The van der Waals surface area contributed by atoms with Crippen LogP contribution in [0.5, 0.6) is 0 Å². The van der Waals surface area contributed by atoms with Gasteiger partial charge in [0.25, 0.3) is 10.0 Å². The van der Waals surface area contributed by atoms with E-state index in [1.54, 1.807) is 6.07 Å². The third-order valence-corrected chi connectivity index (χ3v) is 4.53. The molecule has 0 amide bonds. The number of hydrogen-bond acceptors (Lipinski definition) is 5. The van der Waals surface area contributed by atoms with Crippen LogP contribution in [0.15, 0.2) is 40.0 Å². The molecule has 0 radical (unpaired) electrons. The molecule has 112 valence electrons. The molecule has 0 fully saturated rings. The molecule has 6 nitrogen and oxygen atoms in total. The Morgan fingerprint density at radius 1 is 1.24 bits per heavy atom. The monoisotopic (exact) mass is 370 g/mol. The Morgan fingerprint density at radius 2 is 1.90 bits per heavy atom. The lowest BCUT2D eigenvalue weighted by Crippen LogP contribution is -2.15. The van der Waals surface area contributed by atoms with Crippen LogP contribution in [0.1, 0.15) is 12.5 Å². The van der Waals surface area contributed by atoms with E-state index in [0.29, 0.717) is 18.2 Å². The van der Waals surface area contributed by atoms with Crippen molar-refractivity contribution in [1.29, 1.82) is 0 Å². The lowest BCUT2D eigenvalue weighted by Gasteiger charge is -2.11. The van der Waals surface area contributed by atoms with E-state index in [-0.39, 0.29) is 4.90 Å². The van der Waals surface area contributed by atoms with Gasteiger partial charge in [0, 0.05) is 11.0 Å². The molecule has 0 saturated heterocycles. The maximum atomic E-state index is 12.3. The van der Waals surface area contributed by atoms with E-state index in [4.69, 9.17) is 0 Å². The predicted molar refractivity (Wildman–Crippen MR) is 85.9 cm³/mol. The number of anilines is 2. The molecule has 0 aliphatic rings.